The van der Waals surface area contributed by atoms with Crippen LogP contribution < -0.4 is 11.1 Å². The van der Waals surface area contributed by atoms with Crippen molar-refractivity contribution in [3.63, 3.8) is 0 Å². The molecule has 19 heavy (non-hydrogen) atoms. The number of halogens is 1. The molecule has 0 atom stereocenters. The van der Waals surface area contributed by atoms with Crippen LogP contribution in [0.1, 0.15) is 15.9 Å². The maximum atomic E-state index is 11.9. The third-order valence-electron chi connectivity index (χ3n) is 2.65. The van der Waals surface area contributed by atoms with E-state index in [9.17, 15) is 4.79 Å². The monoisotopic (exact) mass is 322 g/mol. The van der Waals surface area contributed by atoms with Crippen molar-refractivity contribution in [3.05, 3.63) is 46.2 Å². The van der Waals surface area contributed by atoms with E-state index < -0.39 is 0 Å². The normalized spacial score (nSPS) is 10.4. The van der Waals surface area contributed by atoms with Gasteiger partial charge in [0, 0.05) is 28.5 Å². The molecule has 0 radical (unpaired) electrons. The molecule has 1 heterocycles. The predicted molar refractivity (Wildman–Crippen MR) is 77.9 cm³/mol. The number of carbonyl (C=O) groups excluding carboxylic acids is 1. The number of nitrogens with zero attached hydrogens (tertiary/aromatic N) is 2. The van der Waals surface area contributed by atoms with Gasteiger partial charge in [0.25, 0.3) is 5.91 Å². The van der Waals surface area contributed by atoms with Crippen molar-refractivity contribution < 1.29 is 4.79 Å². The summed E-state index contributed by atoms with van der Waals surface area (Å²) in [4.78, 5) is 11.9. The van der Waals surface area contributed by atoms with Crippen LogP contribution in [0.3, 0.4) is 0 Å². The number of nitrogens with one attached hydrogen (secondary N) is 1. The van der Waals surface area contributed by atoms with Gasteiger partial charge in [-0.1, -0.05) is 0 Å². The van der Waals surface area contributed by atoms with Gasteiger partial charge in [0.2, 0.25) is 0 Å². The molecule has 2 aromatic rings. The lowest BCUT2D eigenvalue weighted by Crippen LogP contribution is -2.27. The molecule has 2 rings (SSSR count). The lowest BCUT2D eigenvalue weighted by atomic mass is 10.2. The lowest BCUT2D eigenvalue weighted by Gasteiger charge is -2.06. The summed E-state index contributed by atoms with van der Waals surface area (Å²) in [6.45, 7) is 3.15. The molecule has 1 aromatic carbocycles. The van der Waals surface area contributed by atoms with Gasteiger partial charge >= 0.3 is 0 Å². The standard InChI is InChI=1S/C13H15BrN4O/c1-9-7-17-18(8-9)5-4-16-13(19)10-2-3-11(14)12(15)6-10/h2-3,6-8H,4-5,15H2,1H3,(H,16,19). The molecule has 0 saturated carbocycles. The second-order valence-corrected chi connectivity index (χ2v) is 5.13. The molecule has 1 amide bonds. The van der Waals surface area contributed by atoms with Gasteiger partial charge < -0.3 is 11.1 Å². The Kier molecular flexibility index (Phi) is 4.21. The molecular formula is C13H15BrN4O. The van der Waals surface area contributed by atoms with Gasteiger partial charge in [-0.05, 0) is 46.6 Å². The second-order valence-electron chi connectivity index (χ2n) is 4.27. The average molecular weight is 323 g/mol. The maximum Gasteiger partial charge on any atom is 0.251 e. The first-order valence-corrected chi connectivity index (χ1v) is 6.68. The summed E-state index contributed by atoms with van der Waals surface area (Å²) in [6.07, 6.45) is 3.72. The topological polar surface area (TPSA) is 72.9 Å². The van der Waals surface area contributed by atoms with Crippen molar-refractivity contribution >= 4 is 27.5 Å². The summed E-state index contributed by atoms with van der Waals surface area (Å²) in [6, 6.07) is 5.15. The molecule has 5 nitrogen and oxygen atoms in total. The van der Waals surface area contributed by atoms with Gasteiger partial charge in [-0.3, -0.25) is 9.48 Å². The van der Waals surface area contributed by atoms with Gasteiger partial charge in [-0.25, -0.2) is 0 Å². The Bertz CT molecular complexity index is 594. The number of nitrogen functional groups attached to an aromatic ring is 1. The number of benzene rings is 1. The first-order valence-electron chi connectivity index (χ1n) is 5.88. The summed E-state index contributed by atoms with van der Waals surface area (Å²) in [7, 11) is 0. The number of aromatic nitrogens is 2. The summed E-state index contributed by atoms with van der Waals surface area (Å²) < 4.78 is 2.59. The summed E-state index contributed by atoms with van der Waals surface area (Å²) in [5.74, 6) is -0.136. The fourth-order valence-corrected chi connectivity index (χ4v) is 1.91. The second kappa shape index (κ2) is 5.88. The molecule has 0 fully saturated rings. The fraction of sp³-hybridized carbons (Fsp3) is 0.231. The van der Waals surface area contributed by atoms with Crippen LogP contribution in [0.25, 0.3) is 0 Å². The number of nitrogens with two attached hydrogens (primary N) is 1. The minimum Gasteiger partial charge on any atom is -0.398 e. The number of hydrogen-bond acceptors (Lipinski definition) is 3. The molecule has 0 bridgehead atoms. The van der Waals surface area contributed by atoms with Crippen LogP contribution in [0, 0.1) is 6.92 Å². The largest absolute Gasteiger partial charge is 0.398 e. The Balaban J connectivity index is 1.89. The highest BCUT2D eigenvalue weighted by molar-refractivity contribution is 9.10. The minimum absolute atomic E-state index is 0.136. The highest BCUT2D eigenvalue weighted by Crippen LogP contribution is 2.19. The smallest absolute Gasteiger partial charge is 0.251 e. The van der Waals surface area contributed by atoms with E-state index in [0.717, 1.165) is 10.0 Å². The number of hydrogen-bond donors (Lipinski definition) is 2. The molecule has 0 unspecified atom stereocenters. The summed E-state index contributed by atoms with van der Waals surface area (Å²) in [5, 5.41) is 6.98. The zero-order valence-corrected chi connectivity index (χ0v) is 12.1. The first-order chi connectivity index (χ1) is 9.06. The fourth-order valence-electron chi connectivity index (χ4n) is 1.66. The number of aryl methyl sites for hydroxylation is 1. The molecule has 1 aromatic heterocycles. The van der Waals surface area contributed by atoms with E-state index in [-0.39, 0.29) is 5.91 Å². The molecule has 0 aliphatic heterocycles. The highest BCUT2D eigenvalue weighted by Gasteiger charge is 2.06. The van der Waals surface area contributed by atoms with Crippen molar-refractivity contribution in [2.45, 2.75) is 13.5 Å². The van der Waals surface area contributed by atoms with Crippen LogP contribution in [0.2, 0.25) is 0 Å². The van der Waals surface area contributed by atoms with Gasteiger partial charge in [0.05, 0.1) is 12.7 Å². The van der Waals surface area contributed by atoms with Crippen LogP contribution in [0.5, 0.6) is 0 Å². The molecule has 0 aliphatic carbocycles. The summed E-state index contributed by atoms with van der Waals surface area (Å²) >= 11 is 3.30. The Labute approximate surface area is 119 Å². The quantitative estimate of drug-likeness (QED) is 0.845. The lowest BCUT2D eigenvalue weighted by molar-refractivity contribution is 0.0952. The number of carbonyl (C=O) groups is 1. The Morgan fingerprint density at radius 1 is 1.53 bits per heavy atom. The van der Waals surface area contributed by atoms with E-state index in [2.05, 4.69) is 26.3 Å². The van der Waals surface area contributed by atoms with E-state index in [1.54, 1.807) is 29.1 Å². The van der Waals surface area contributed by atoms with Crippen LogP contribution in [0.4, 0.5) is 5.69 Å². The van der Waals surface area contributed by atoms with E-state index in [0.29, 0.717) is 24.3 Å². The van der Waals surface area contributed by atoms with Gasteiger partial charge in [0.15, 0.2) is 0 Å². The molecule has 0 aliphatic rings. The summed E-state index contributed by atoms with van der Waals surface area (Å²) in [5.41, 5.74) is 7.95. The van der Waals surface area contributed by atoms with Crippen molar-refractivity contribution in [1.29, 1.82) is 0 Å². The van der Waals surface area contributed by atoms with Crippen molar-refractivity contribution in [2.75, 3.05) is 12.3 Å². The van der Waals surface area contributed by atoms with Gasteiger partial charge in [-0.2, -0.15) is 5.10 Å². The third-order valence-corrected chi connectivity index (χ3v) is 3.37. The van der Waals surface area contributed by atoms with E-state index in [1.165, 1.54) is 0 Å². The Hall–Kier alpha value is -1.82. The predicted octanol–water partition coefficient (Wildman–Crippen LogP) is 1.97. The number of anilines is 1. The van der Waals surface area contributed by atoms with Crippen molar-refractivity contribution in [1.82, 2.24) is 15.1 Å². The molecule has 0 spiro atoms. The SMILES string of the molecule is Cc1cnn(CCNC(=O)c2ccc(Br)c(N)c2)c1. The van der Waals surface area contributed by atoms with Crippen LogP contribution in [-0.4, -0.2) is 22.2 Å². The zero-order valence-electron chi connectivity index (χ0n) is 10.6. The van der Waals surface area contributed by atoms with Crippen molar-refractivity contribution in [3.8, 4) is 0 Å². The van der Waals surface area contributed by atoms with E-state index >= 15 is 0 Å². The van der Waals surface area contributed by atoms with Crippen LogP contribution in [-0.2, 0) is 6.54 Å². The number of amides is 1. The molecule has 6 heteroatoms. The third kappa shape index (κ3) is 3.57. The van der Waals surface area contributed by atoms with Crippen molar-refractivity contribution in [2.24, 2.45) is 0 Å². The average Bonchev–Trinajstić information content (AvgIpc) is 2.78. The Morgan fingerprint density at radius 2 is 2.32 bits per heavy atom. The van der Waals surface area contributed by atoms with E-state index in [1.807, 2.05) is 13.1 Å². The maximum absolute atomic E-state index is 11.9. The van der Waals surface area contributed by atoms with Crippen LogP contribution >= 0.6 is 15.9 Å². The Morgan fingerprint density at radius 3 is 2.95 bits per heavy atom. The zero-order chi connectivity index (χ0) is 13.8. The molecular weight excluding hydrogens is 308 g/mol. The first kappa shape index (κ1) is 13.6. The number of rotatable bonds is 4. The van der Waals surface area contributed by atoms with E-state index in [4.69, 9.17) is 5.73 Å². The molecule has 0 saturated heterocycles. The van der Waals surface area contributed by atoms with Gasteiger partial charge in [0.1, 0.15) is 0 Å². The van der Waals surface area contributed by atoms with Crippen LogP contribution in [0.15, 0.2) is 35.1 Å². The molecule has 100 valence electrons. The molecule has 3 N–H and O–H groups in total. The highest BCUT2D eigenvalue weighted by atomic mass is 79.9. The minimum atomic E-state index is -0.136. The van der Waals surface area contributed by atoms with Gasteiger partial charge in [-0.15, -0.1) is 0 Å².